The first-order chi connectivity index (χ1) is 5.10. The van der Waals surface area contributed by atoms with Crippen molar-refractivity contribution in [2.45, 2.75) is 25.1 Å². The molecule has 0 fully saturated rings. The Kier molecular flexibility index (Phi) is 2.79. The Morgan fingerprint density at radius 2 is 1.58 bits per heavy atom. The van der Waals surface area contributed by atoms with Gasteiger partial charge in [0, 0.05) is 0 Å². The molecule has 0 bridgehead atoms. The summed E-state index contributed by atoms with van der Waals surface area (Å²) >= 11 is 0. The van der Waals surface area contributed by atoms with Gasteiger partial charge in [0.2, 0.25) is 0 Å². The predicted molar refractivity (Wildman–Crippen MR) is 27.7 cm³/mol. The van der Waals surface area contributed by atoms with E-state index >= 15 is 0 Å². The molecule has 72 valence electrons. The number of rotatable bonds is 2. The number of carbonyl (C=O) groups excluding carboxylic acids is 1. The zero-order valence-corrected chi connectivity index (χ0v) is 5.82. The first kappa shape index (κ1) is 11.3. The van der Waals surface area contributed by atoms with Crippen LogP contribution >= 0.6 is 0 Å². The third-order valence-electron chi connectivity index (χ3n) is 1.08. The fourth-order valence-electron chi connectivity index (χ4n) is 0.379. The van der Waals surface area contributed by atoms with Gasteiger partial charge >= 0.3 is 17.9 Å². The van der Waals surface area contributed by atoms with Crippen LogP contribution in [0.25, 0.3) is 0 Å². The summed E-state index contributed by atoms with van der Waals surface area (Å²) in [6.45, 7) is 0.406. The van der Waals surface area contributed by atoms with Crippen LogP contribution in [-0.4, -0.2) is 29.1 Å². The van der Waals surface area contributed by atoms with Crippen molar-refractivity contribution >= 4 is 5.78 Å². The summed E-state index contributed by atoms with van der Waals surface area (Å²) in [5.74, 6) is -8.00. The molecule has 0 heterocycles. The van der Waals surface area contributed by atoms with Crippen molar-refractivity contribution in [1.29, 1.82) is 0 Å². The molecule has 0 aliphatic heterocycles. The van der Waals surface area contributed by atoms with E-state index in [0.717, 1.165) is 0 Å². The van der Waals surface area contributed by atoms with Crippen molar-refractivity contribution in [1.82, 2.24) is 0 Å². The Morgan fingerprint density at radius 1 is 1.25 bits per heavy atom. The maximum Gasteiger partial charge on any atom is 0.456 e. The molecule has 0 aromatic carbocycles. The van der Waals surface area contributed by atoms with Gasteiger partial charge in [-0.1, -0.05) is 0 Å². The average molecular weight is 192 g/mol. The molecular formula is C5H5F5O2. The molecule has 0 aromatic heterocycles. The van der Waals surface area contributed by atoms with Crippen LogP contribution in [0.2, 0.25) is 0 Å². The van der Waals surface area contributed by atoms with E-state index in [4.69, 9.17) is 5.11 Å². The molecule has 7 heteroatoms. The van der Waals surface area contributed by atoms with Gasteiger partial charge in [-0.15, -0.1) is 0 Å². The van der Waals surface area contributed by atoms with Crippen LogP contribution in [0.5, 0.6) is 0 Å². The monoisotopic (exact) mass is 192 g/mol. The lowest BCUT2D eigenvalue weighted by Gasteiger charge is -2.18. The van der Waals surface area contributed by atoms with E-state index in [-0.39, 0.29) is 0 Å². The van der Waals surface area contributed by atoms with Crippen LogP contribution in [0.4, 0.5) is 22.0 Å². The molecule has 0 aromatic rings. The summed E-state index contributed by atoms with van der Waals surface area (Å²) in [6, 6.07) is 0. The largest absolute Gasteiger partial charge is 0.456 e. The second kappa shape index (κ2) is 2.96. The van der Waals surface area contributed by atoms with Gasteiger partial charge in [-0.05, 0) is 6.92 Å². The highest BCUT2D eigenvalue weighted by Gasteiger charge is 2.57. The SMILES string of the molecule is CC(O)C(F)(F)C(=O)C(F)(F)F. The molecule has 0 spiro atoms. The standard InChI is InChI=1S/C5H5F5O2/c1-2(11)4(6,7)3(12)5(8,9)10/h2,11H,1H3. The lowest BCUT2D eigenvalue weighted by atomic mass is 10.1. The minimum Gasteiger partial charge on any atom is -0.387 e. The molecule has 1 unspecified atom stereocenters. The van der Waals surface area contributed by atoms with Gasteiger partial charge in [-0.2, -0.15) is 22.0 Å². The Bertz CT molecular complexity index is 183. The van der Waals surface area contributed by atoms with E-state index in [1.807, 2.05) is 0 Å². The molecule has 0 aliphatic carbocycles. The van der Waals surface area contributed by atoms with E-state index in [0.29, 0.717) is 6.92 Å². The van der Waals surface area contributed by atoms with E-state index in [1.54, 1.807) is 0 Å². The highest BCUT2D eigenvalue weighted by Crippen LogP contribution is 2.29. The average Bonchev–Trinajstić information content (AvgIpc) is 1.83. The normalized spacial score (nSPS) is 15.9. The molecule has 1 N–H and O–H groups in total. The lowest BCUT2D eigenvalue weighted by molar-refractivity contribution is -0.206. The summed E-state index contributed by atoms with van der Waals surface area (Å²) in [6.07, 6.45) is -8.27. The van der Waals surface area contributed by atoms with Crippen LogP contribution in [-0.2, 0) is 4.79 Å². The number of Topliss-reactive ketones (excluding diaryl/α,β-unsaturated/α-hetero) is 1. The second-order valence-electron chi connectivity index (χ2n) is 2.13. The van der Waals surface area contributed by atoms with Crippen LogP contribution in [0.3, 0.4) is 0 Å². The first-order valence-corrected chi connectivity index (χ1v) is 2.77. The fourth-order valence-corrected chi connectivity index (χ4v) is 0.379. The molecule has 0 aliphatic rings. The Balaban J connectivity index is 4.70. The van der Waals surface area contributed by atoms with Gasteiger partial charge < -0.3 is 5.11 Å². The number of aliphatic hydroxyl groups excluding tert-OH is 1. The Morgan fingerprint density at radius 3 is 1.67 bits per heavy atom. The van der Waals surface area contributed by atoms with Crippen LogP contribution < -0.4 is 0 Å². The number of hydrogen-bond acceptors (Lipinski definition) is 2. The Hall–Kier alpha value is -0.720. The zero-order valence-electron chi connectivity index (χ0n) is 5.82. The van der Waals surface area contributed by atoms with Crippen molar-refractivity contribution < 1.29 is 31.9 Å². The van der Waals surface area contributed by atoms with Crippen molar-refractivity contribution in [2.24, 2.45) is 0 Å². The molecule has 0 saturated heterocycles. The van der Waals surface area contributed by atoms with Crippen LogP contribution in [0.1, 0.15) is 6.92 Å². The minimum atomic E-state index is -5.62. The van der Waals surface area contributed by atoms with Gasteiger partial charge in [0.05, 0.1) is 0 Å². The number of carbonyl (C=O) groups is 1. The van der Waals surface area contributed by atoms with Gasteiger partial charge in [0.15, 0.2) is 0 Å². The first-order valence-electron chi connectivity index (χ1n) is 2.77. The van der Waals surface area contributed by atoms with E-state index in [9.17, 15) is 26.7 Å². The molecule has 0 radical (unpaired) electrons. The molecule has 0 amide bonds. The van der Waals surface area contributed by atoms with Crippen molar-refractivity contribution in [2.75, 3.05) is 0 Å². The maximum absolute atomic E-state index is 12.1. The summed E-state index contributed by atoms with van der Waals surface area (Å²) < 4.78 is 58.3. The summed E-state index contributed by atoms with van der Waals surface area (Å²) in [4.78, 5) is 9.89. The smallest absolute Gasteiger partial charge is 0.387 e. The topological polar surface area (TPSA) is 37.3 Å². The van der Waals surface area contributed by atoms with Crippen LogP contribution in [0, 0.1) is 0 Å². The zero-order chi connectivity index (χ0) is 10.2. The van der Waals surface area contributed by atoms with Crippen LogP contribution in [0.15, 0.2) is 0 Å². The molecular weight excluding hydrogens is 187 g/mol. The van der Waals surface area contributed by atoms with E-state index in [2.05, 4.69) is 0 Å². The fraction of sp³-hybridized carbons (Fsp3) is 0.800. The quantitative estimate of drug-likeness (QED) is 0.666. The van der Waals surface area contributed by atoms with Gasteiger partial charge in [0.25, 0.3) is 0 Å². The van der Waals surface area contributed by atoms with E-state index < -0.39 is 24.0 Å². The molecule has 0 rings (SSSR count). The summed E-state index contributed by atoms with van der Waals surface area (Å²) in [7, 11) is 0. The predicted octanol–water partition coefficient (Wildman–Crippen LogP) is 1.13. The number of hydrogen-bond donors (Lipinski definition) is 1. The third kappa shape index (κ3) is 2.13. The van der Waals surface area contributed by atoms with Crippen molar-refractivity contribution in [3.05, 3.63) is 0 Å². The number of aliphatic hydroxyl groups is 1. The maximum atomic E-state index is 12.1. The summed E-state index contributed by atoms with van der Waals surface area (Å²) in [5.41, 5.74) is 0. The summed E-state index contributed by atoms with van der Waals surface area (Å²) in [5, 5.41) is 8.14. The second-order valence-corrected chi connectivity index (χ2v) is 2.13. The highest BCUT2D eigenvalue weighted by atomic mass is 19.4. The van der Waals surface area contributed by atoms with E-state index in [1.165, 1.54) is 0 Å². The van der Waals surface area contributed by atoms with Gasteiger partial charge in [0.1, 0.15) is 6.10 Å². The van der Waals surface area contributed by atoms with Gasteiger partial charge in [-0.3, -0.25) is 4.79 Å². The Labute approximate surface area is 64.0 Å². The molecule has 2 nitrogen and oxygen atoms in total. The molecule has 12 heavy (non-hydrogen) atoms. The number of ketones is 1. The van der Waals surface area contributed by atoms with Crippen molar-refractivity contribution in [3.8, 4) is 0 Å². The molecule has 1 atom stereocenters. The van der Waals surface area contributed by atoms with Crippen molar-refractivity contribution in [3.63, 3.8) is 0 Å². The lowest BCUT2D eigenvalue weighted by Crippen LogP contribution is -2.47. The minimum absolute atomic E-state index is 0.406. The number of alkyl halides is 5. The molecule has 0 saturated carbocycles. The third-order valence-corrected chi connectivity index (χ3v) is 1.08. The van der Waals surface area contributed by atoms with Gasteiger partial charge in [-0.25, -0.2) is 0 Å². The number of halogens is 5. The highest BCUT2D eigenvalue weighted by molar-refractivity contribution is 5.91.